The molecule has 0 atom stereocenters. The van der Waals surface area contributed by atoms with Crippen LogP contribution in [0.15, 0.2) is 0 Å². The normalized spacial score (nSPS) is 28.0. The molecule has 2 rings (SSSR count). The van der Waals surface area contributed by atoms with Crippen LogP contribution in [0.2, 0.25) is 0 Å². The largest absolute Gasteiger partial charge is 1.00 e. The van der Waals surface area contributed by atoms with E-state index >= 15 is 0 Å². The molecule has 1 nitrogen and oxygen atoms in total. The van der Waals surface area contributed by atoms with Crippen LogP contribution in [0.25, 0.3) is 0 Å². The lowest BCUT2D eigenvalue weighted by Crippen LogP contribution is -3.00. The van der Waals surface area contributed by atoms with Gasteiger partial charge in [0, 0.05) is 0 Å². The van der Waals surface area contributed by atoms with Gasteiger partial charge in [-0.15, -0.1) is 0 Å². The fourth-order valence-electron chi connectivity index (χ4n) is 2.81. The van der Waals surface area contributed by atoms with Crippen molar-refractivity contribution in [3.8, 4) is 0 Å². The van der Waals surface area contributed by atoms with Crippen LogP contribution in [0, 0.1) is 0 Å². The molecule has 0 aromatic rings. The van der Waals surface area contributed by atoms with Crippen molar-refractivity contribution in [3.05, 3.63) is 0 Å². The number of hydrogen-bond donors (Lipinski definition) is 0. The average Bonchev–Trinajstić information content (AvgIpc) is 2.07. The topological polar surface area (TPSA) is 0 Å². The SMILES string of the molecule is C1CC[N+]2(CC1)CCCCC2.[Cl-]. The Bertz CT molecular complexity index is 104. The highest BCUT2D eigenvalue weighted by atomic mass is 35.5. The maximum Gasteiger partial charge on any atom is 0.0786 e. The van der Waals surface area contributed by atoms with E-state index in [1.807, 2.05) is 0 Å². The summed E-state index contributed by atoms with van der Waals surface area (Å²) in [6.07, 6.45) is 9.00. The van der Waals surface area contributed by atoms with Crippen molar-refractivity contribution >= 4 is 0 Å². The lowest BCUT2D eigenvalue weighted by Gasteiger charge is -2.44. The van der Waals surface area contributed by atoms with E-state index in [9.17, 15) is 0 Å². The molecule has 0 aromatic heterocycles. The predicted molar refractivity (Wildman–Crippen MR) is 47.4 cm³/mol. The Morgan fingerprint density at radius 1 is 0.500 bits per heavy atom. The molecule has 2 fully saturated rings. The number of piperidine rings is 2. The van der Waals surface area contributed by atoms with Crippen molar-refractivity contribution in [1.29, 1.82) is 0 Å². The molecule has 0 aliphatic carbocycles. The van der Waals surface area contributed by atoms with Crippen molar-refractivity contribution < 1.29 is 16.9 Å². The molecule has 72 valence electrons. The van der Waals surface area contributed by atoms with Gasteiger partial charge in [-0.3, -0.25) is 0 Å². The van der Waals surface area contributed by atoms with E-state index in [0.717, 1.165) is 0 Å². The first-order valence-electron chi connectivity index (χ1n) is 5.26. The summed E-state index contributed by atoms with van der Waals surface area (Å²) >= 11 is 0. The molecule has 0 aromatic carbocycles. The highest BCUT2D eigenvalue weighted by molar-refractivity contribution is 4.59. The Labute approximate surface area is 82.1 Å². The van der Waals surface area contributed by atoms with E-state index in [0.29, 0.717) is 0 Å². The Hall–Kier alpha value is 0.250. The third-order valence-electron chi connectivity index (χ3n) is 3.53. The van der Waals surface area contributed by atoms with Gasteiger partial charge in [-0.25, -0.2) is 0 Å². The second-order valence-corrected chi connectivity index (χ2v) is 4.36. The van der Waals surface area contributed by atoms with Crippen LogP contribution >= 0.6 is 0 Å². The van der Waals surface area contributed by atoms with E-state index in [1.54, 1.807) is 0 Å². The van der Waals surface area contributed by atoms with Gasteiger partial charge in [-0.05, 0) is 38.5 Å². The van der Waals surface area contributed by atoms with Gasteiger partial charge in [0.2, 0.25) is 0 Å². The van der Waals surface area contributed by atoms with E-state index in [1.165, 1.54) is 69.2 Å². The number of quaternary nitrogens is 1. The van der Waals surface area contributed by atoms with E-state index in [-0.39, 0.29) is 12.4 Å². The van der Waals surface area contributed by atoms with E-state index in [2.05, 4.69) is 0 Å². The van der Waals surface area contributed by atoms with E-state index < -0.39 is 0 Å². The molecule has 0 radical (unpaired) electrons. The van der Waals surface area contributed by atoms with E-state index in [4.69, 9.17) is 0 Å². The van der Waals surface area contributed by atoms with Crippen LogP contribution in [-0.2, 0) is 0 Å². The van der Waals surface area contributed by atoms with Gasteiger partial charge < -0.3 is 16.9 Å². The van der Waals surface area contributed by atoms with Crippen molar-refractivity contribution in [2.24, 2.45) is 0 Å². The molecule has 0 amide bonds. The molecule has 2 heteroatoms. The highest BCUT2D eigenvalue weighted by Gasteiger charge is 2.30. The first-order chi connectivity index (χ1) is 5.41. The molecular weight excluding hydrogens is 170 g/mol. The maximum atomic E-state index is 1.50. The lowest BCUT2D eigenvalue weighted by atomic mass is 10.0. The van der Waals surface area contributed by atoms with Crippen LogP contribution in [0.4, 0.5) is 0 Å². The third kappa shape index (κ3) is 2.14. The first kappa shape index (κ1) is 10.3. The summed E-state index contributed by atoms with van der Waals surface area (Å²) in [5.74, 6) is 0. The van der Waals surface area contributed by atoms with Crippen LogP contribution in [0.5, 0.6) is 0 Å². The Morgan fingerprint density at radius 2 is 0.833 bits per heavy atom. The fraction of sp³-hybridized carbons (Fsp3) is 1.00. The first-order valence-corrected chi connectivity index (χ1v) is 5.26. The summed E-state index contributed by atoms with van der Waals surface area (Å²) < 4.78 is 1.50. The fourth-order valence-corrected chi connectivity index (χ4v) is 2.81. The van der Waals surface area contributed by atoms with Crippen molar-refractivity contribution in [2.75, 3.05) is 26.2 Å². The minimum absolute atomic E-state index is 0. The summed E-state index contributed by atoms with van der Waals surface area (Å²) in [6.45, 7) is 6.00. The van der Waals surface area contributed by atoms with Crippen molar-refractivity contribution in [2.45, 2.75) is 38.5 Å². The molecule has 2 aliphatic rings. The summed E-state index contributed by atoms with van der Waals surface area (Å²) in [5, 5.41) is 0. The van der Waals surface area contributed by atoms with Gasteiger partial charge in [-0.2, -0.15) is 0 Å². The standard InChI is InChI=1S/C10H20N.ClH/c1-3-7-11(8-4-1)9-5-2-6-10-11;/h1-10H2;1H/q+1;/p-1. The summed E-state index contributed by atoms with van der Waals surface area (Å²) in [4.78, 5) is 0. The Balaban J connectivity index is 0.000000720. The summed E-state index contributed by atoms with van der Waals surface area (Å²) in [5.41, 5.74) is 0. The summed E-state index contributed by atoms with van der Waals surface area (Å²) in [7, 11) is 0. The monoisotopic (exact) mass is 189 g/mol. The zero-order chi connectivity index (χ0) is 7.57. The van der Waals surface area contributed by atoms with Gasteiger partial charge in [0.1, 0.15) is 0 Å². The molecule has 2 heterocycles. The average molecular weight is 190 g/mol. The van der Waals surface area contributed by atoms with Crippen molar-refractivity contribution in [1.82, 2.24) is 0 Å². The molecule has 2 saturated heterocycles. The van der Waals surface area contributed by atoms with Gasteiger partial charge in [0.25, 0.3) is 0 Å². The van der Waals surface area contributed by atoms with Crippen LogP contribution < -0.4 is 12.4 Å². The predicted octanol–water partition coefficient (Wildman–Crippen LogP) is -0.825. The second-order valence-electron chi connectivity index (χ2n) is 4.36. The molecule has 0 bridgehead atoms. The summed E-state index contributed by atoms with van der Waals surface area (Å²) in [6, 6.07) is 0. The maximum absolute atomic E-state index is 1.50. The van der Waals surface area contributed by atoms with Crippen LogP contribution in [-0.4, -0.2) is 30.7 Å². The van der Waals surface area contributed by atoms with Gasteiger partial charge in [-0.1, -0.05) is 0 Å². The molecule has 0 N–H and O–H groups in total. The molecule has 1 spiro atoms. The van der Waals surface area contributed by atoms with Gasteiger partial charge >= 0.3 is 0 Å². The molecular formula is C10H20ClN. The Kier molecular flexibility index (Phi) is 3.85. The van der Waals surface area contributed by atoms with Gasteiger partial charge in [0.05, 0.1) is 26.2 Å². The molecule has 12 heavy (non-hydrogen) atoms. The van der Waals surface area contributed by atoms with Crippen LogP contribution in [0.1, 0.15) is 38.5 Å². The quantitative estimate of drug-likeness (QED) is 0.437. The van der Waals surface area contributed by atoms with Crippen LogP contribution in [0.3, 0.4) is 0 Å². The zero-order valence-corrected chi connectivity index (χ0v) is 8.65. The number of nitrogens with zero attached hydrogens (tertiary/aromatic N) is 1. The second kappa shape index (κ2) is 4.48. The highest BCUT2D eigenvalue weighted by Crippen LogP contribution is 2.24. The molecule has 0 unspecified atom stereocenters. The minimum Gasteiger partial charge on any atom is -1.00 e. The zero-order valence-electron chi connectivity index (χ0n) is 7.90. The lowest BCUT2D eigenvalue weighted by molar-refractivity contribution is -0.936. The number of hydrogen-bond acceptors (Lipinski definition) is 0. The molecule has 2 aliphatic heterocycles. The molecule has 0 saturated carbocycles. The van der Waals surface area contributed by atoms with Crippen molar-refractivity contribution in [3.63, 3.8) is 0 Å². The number of halogens is 1. The third-order valence-corrected chi connectivity index (χ3v) is 3.53. The smallest absolute Gasteiger partial charge is 0.0786 e. The Morgan fingerprint density at radius 3 is 1.17 bits per heavy atom. The van der Waals surface area contributed by atoms with Gasteiger partial charge in [0.15, 0.2) is 0 Å². The minimum atomic E-state index is 0. The number of rotatable bonds is 0.